The summed E-state index contributed by atoms with van der Waals surface area (Å²) in [4.78, 5) is 11.7. The highest BCUT2D eigenvalue weighted by molar-refractivity contribution is 6.31. The van der Waals surface area contributed by atoms with E-state index in [-0.39, 0.29) is 12.1 Å². The summed E-state index contributed by atoms with van der Waals surface area (Å²) in [6.07, 6.45) is 0.385. The van der Waals surface area contributed by atoms with Crippen molar-refractivity contribution in [1.29, 1.82) is 0 Å². The lowest BCUT2D eigenvalue weighted by Gasteiger charge is -2.11. The van der Waals surface area contributed by atoms with Crippen LogP contribution in [0.15, 0.2) is 48.5 Å². The fourth-order valence-electron chi connectivity index (χ4n) is 2.24. The molecule has 0 N–H and O–H groups in total. The zero-order chi connectivity index (χ0) is 12.5. The smallest absolute Gasteiger partial charge is 0.339 e. The standard InChI is InChI=1S/C15H11ClO2/c16-13-8-4-1-5-10(13)9-14-11-6-2-3-7-12(11)15(17)18-14/h1-8,14H,9H2/t14-/m0/s1. The maximum atomic E-state index is 11.7. The van der Waals surface area contributed by atoms with Crippen molar-refractivity contribution >= 4 is 17.6 Å². The summed E-state index contributed by atoms with van der Waals surface area (Å²) in [6, 6.07) is 15.1. The van der Waals surface area contributed by atoms with Gasteiger partial charge in [-0.25, -0.2) is 4.79 Å². The molecule has 0 radical (unpaired) electrons. The quantitative estimate of drug-likeness (QED) is 0.766. The summed E-state index contributed by atoms with van der Waals surface area (Å²) in [5.41, 5.74) is 2.60. The Labute approximate surface area is 110 Å². The van der Waals surface area contributed by atoms with Crippen LogP contribution in [-0.2, 0) is 11.2 Å². The number of halogens is 1. The number of hydrogen-bond acceptors (Lipinski definition) is 2. The van der Waals surface area contributed by atoms with Crippen molar-refractivity contribution in [2.75, 3.05) is 0 Å². The molecule has 2 aromatic rings. The molecular weight excluding hydrogens is 248 g/mol. The zero-order valence-electron chi connectivity index (χ0n) is 9.60. The second kappa shape index (κ2) is 4.46. The molecule has 1 aliphatic heterocycles. The SMILES string of the molecule is O=C1O[C@@H](Cc2ccccc2Cl)c2ccccc21. The molecule has 0 bridgehead atoms. The van der Waals surface area contributed by atoms with Gasteiger partial charge < -0.3 is 4.74 Å². The molecule has 0 fully saturated rings. The van der Waals surface area contributed by atoms with Crippen molar-refractivity contribution in [2.45, 2.75) is 12.5 Å². The van der Waals surface area contributed by atoms with Gasteiger partial charge in [0.2, 0.25) is 0 Å². The molecule has 0 saturated carbocycles. The molecule has 1 heterocycles. The van der Waals surface area contributed by atoms with Crippen LogP contribution in [0.2, 0.25) is 5.02 Å². The molecule has 18 heavy (non-hydrogen) atoms. The van der Waals surface area contributed by atoms with E-state index in [1.165, 1.54) is 0 Å². The van der Waals surface area contributed by atoms with Crippen LogP contribution < -0.4 is 0 Å². The van der Waals surface area contributed by atoms with E-state index in [2.05, 4.69) is 0 Å². The number of hydrogen-bond donors (Lipinski definition) is 0. The highest BCUT2D eigenvalue weighted by atomic mass is 35.5. The van der Waals surface area contributed by atoms with Crippen LogP contribution in [0.4, 0.5) is 0 Å². The van der Waals surface area contributed by atoms with Crippen LogP contribution in [-0.4, -0.2) is 5.97 Å². The summed E-state index contributed by atoms with van der Waals surface area (Å²) in [5, 5.41) is 0.706. The third kappa shape index (κ3) is 1.89. The van der Waals surface area contributed by atoms with Gasteiger partial charge in [-0.2, -0.15) is 0 Å². The molecule has 1 aliphatic rings. The van der Waals surface area contributed by atoms with Gasteiger partial charge in [0, 0.05) is 17.0 Å². The third-order valence-electron chi connectivity index (χ3n) is 3.14. The highest BCUT2D eigenvalue weighted by Crippen LogP contribution is 2.34. The first-order valence-corrected chi connectivity index (χ1v) is 6.17. The Kier molecular flexibility index (Phi) is 2.80. The first kappa shape index (κ1) is 11.3. The number of cyclic esters (lactones) is 1. The van der Waals surface area contributed by atoms with E-state index < -0.39 is 0 Å². The number of benzene rings is 2. The first-order chi connectivity index (χ1) is 8.75. The zero-order valence-corrected chi connectivity index (χ0v) is 10.4. The van der Waals surface area contributed by atoms with Gasteiger partial charge in [0.25, 0.3) is 0 Å². The number of carbonyl (C=O) groups excluding carboxylic acids is 1. The molecule has 0 amide bonds. The van der Waals surface area contributed by atoms with Crippen molar-refractivity contribution in [1.82, 2.24) is 0 Å². The Hall–Kier alpha value is -1.80. The van der Waals surface area contributed by atoms with Crippen molar-refractivity contribution in [3.05, 3.63) is 70.2 Å². The minimum absolute atomic E-state index is 0.228. The average Bonchev–Trinajstić information content (AvgIpc) is 2.70. The van der Waals surface area contributed by atoms with Crippen molar-refractivity contribution in [2.24, 2.45) is 0 Å². The fraction of sp³-hybridized carbons (Fsp3) is 0.133. The molecule has 1 atom stereocenters. The molecule has 3 rings (SSSR count). The fourth-order valence-corrected chi connectivity index (χ4v) is 2.45. The van der Waals surface area contributed by atoms with Crippen molar-refractivity contribution in [3.8, 4) is 0 Å². The molecule has 0 unspecified atom stereocenters. The topological polar surface area (TPSA) is 26.3 Å². The number of rotatable bonds is 2. The van der Waals surface area contributed by atoms with E-state index >= 15 is 0 Å². The minimum atomic E-state index is -0.248. The first-order valence-electron chi connectivity index (χ1n) is 5.79. The molecule has 2 nitrogen and oxygen atoms in total. The summed E-state index contributed by atoms with van der Waals surface area (Å²) in [6.45, 7) is 0. The van der Waals surface area contributed by atoms with Gasteiger partial charge in [0.15, 0.2) is 0 Å². The van der Waals surface area contributed by atoms with E-state index in [0.717, 1.165) is 11.1 Å². The van der Waals surface area contributed by atoms with Crippen LogP contribution in [0.3, 0.4) is 0 Å². The third-order valence-corrected chi connectivity index (χ3v) is 3.51. The van der Waals surface area contributed by atoms with Crippen LogP contribution in [0, 0.1) is 0 Å². The maximum Gasteiger partial charge on any atom is 0.339 e. The second-order valence-electron chi connectivity index (χ2n) is 4.28. The molecule has 90 valence electrons. The summed E-state index contributed by atoms with van der Waals surface area (Å²) < 4.78 is 5.39. The van der Waals surface area contributed by atoms with E-state index in [0.29, 0.717) is 17.0 Å². The number of carbonyl (C=O) groups is 1. The number of ether oxygens (including phenoxy) is 1. The largest absolute Gasteiger partial charge is 0.454 e. The van der Waals surface area contributed by atoms with E-state index in [9.17, 15) is 4.79 Å². The molecule has 0 aliphatic carbocycles. The highest BCUT2D eigenvalue weighted by Gasteiger charge is 2.30. The van der Waals surface area contributed by atoms with Crippen LogP contribution in [0.5, 0.6) is 0 Å². The van der Waals surface area contributed by atoms with Crippen LogP contribution in [0.25, 0.3) is 0 Å². The Balaban J connectivity index is 1.92. The molecule has 0 saturated heterocycles. The Morgan fingerprint density at radius 3 is 2.61 bits per heavy atom. The molecule has 3 heteroatoms. The number of fused-ring (bicyclic) bond motifs is 1. The monoisotopic (exact) mass is 258 g/mol. The van der Waals surface area contributed by atoms with Gasteiger partial charge in [0.05, 0.1) is 5.56 Å². The Morgan fingerprint density at radius 2 is 1.78 bits per heavy atom. The van der Waals surface area contributed by atoms with Gasteiger partial charge in [0.1, 0.15) is 6.10 Å². The van der Waals surface area contributed by atoms with Crippen molar-refractivity contribution in [3.63, 3.8) is 0 Å². The van der Waals surface area contributed by atoms with Gasteiger partial charge in [-0.05, 0) is 17.7 Å². The normalized spacial score (nSPS) is 17.4. The summed E-state index contributed by atoms with van der Waals surface area (Å²) in [5.74, 6) is -0.248. The van der Waals surface area contributed by atoms with Gasteiger partial charge in [-0.3, -0.25) is 0 Å². The summed E-state index contributed by atoms with van der Waals surface area (Å²) in [7, 11) is 0. The maximum absolute atomic E-state index is 11.7. The molecular formula is C15H11ClO2. The molecule has 0 spiro atoms. The lowest BCUT2D eigenvalue weighted by molar-refractivity contribution is 0.0387. The predicted molar refractivity (Wildman–Crippen MR) is 69.8 cm³/mol. The van der Waals surface area contributed by atoms with Gasteiger partial charge in [-0.1, -0.05) is 48.0 Å². The lowest BCUT2D eigenvalue weighted by Crippen LogP contribution is -2.03. The Morgan fingerprint density at radius 1 is 1.06 bits per heavy atom. The van der Waals surface area contributed by atoms with Crippen LogP contribution in [0.1, 0.15) is 27.6 Å². The Bertz CT molecular complexity index is 607. The van der Waals surface area contributed by atoms with E-state index in [4.69, 9.17) is 16.3 Å². The number of esters is 1. The van der Waals surface area contributed by atoms with Crippen molar-refractivity contribution < 1.29 is 9.53 Å². The van der Waals surface area contributed by atoms with Gasteiger partial charge >= 0.3 is 5.97 Å². The molecule has 2 aromatic carbocycles. The second-order valence-corrected chi connectivity index (χ2v) is 4.68. The van der Waals surface area contributed by atoms with E-state index in [1.54, 1.807) is 6.07 Å². The lowest BCUT2D eigenvalue weighted by atomic mass is 9.99. The van der Waals surface area contributed by atoms with E-state index in [1.807, 2.05) is 42.5 Å². The molecule has 0 aromatic heterocycles. The average molecular weight is 259 g/mol. The predicted octanol–water partition coefficient (Wildman–Crippen LogP) is 3.79. The van der Waals surface area contributed by atoms with Gasteiger partial charge in [-0.15, -0.1) is 0 Å². The summed E-state index contributed by atoms with van der Waals surface area (Å²) >= 11 is 6.13. The van der Waals surface area contributed by atoms with Crippen LogP contribution >= 0.6 is 11.6 Å². The minimum Gasteiger partial charge on any atom is -0.454 e.